The van der Waals surface area contributed by atoms with Crippen LogP contribution in [0.5, 0.6) is 0 Å². The molecule has 1 atom stereocenters. The Morgan fingerprint density at radius 2 is 2.21 bits per heavy atom. The lowest BCUT2D eigenvalue weighted by molar-refractivity contribution is 0.0700. The second-order valence-corrected chi connectivity index (χ2v) is 5.43. The van der Waals surface area contributed by atoms with Crippen molar-refractivity contribution in [3.05, 3.63) is 35.1 Å². The molecule has 0 bridgehead atoms. The zero-order valence-electron chi connectivity index (χ0n) is 11.2. The first kappa shape index (κ1) is 14.3. The van der Waals surface area contributed by atoms with Gasteiger partial charge in [-0.15, -0.1) is 11.6 Å². The largest absolute Gasteiger partial charge is 0.334 e. The van der Waals surface area contributed by atoms with Crippen molar-refractivity contribution < 1.29 is 9.18 Å². The molecular weight excluding hydrogens is 265 g/mol. The molecule has 0 radical (unpaired) electrons. The van der Waals surface area contributed by atoms with Gasteiger partial charge in [-0.3, -0.25) is 4.79 Å². The van der Waals surface area contributed by atoms with Crippen molar-refractivity contribution in [3.8, 4) is 0 Å². The second-order valence-electron chi connectivity index (χ2n) is 5.12. The third kappa shape index (κ3) is 3.27. The van der Waals surface area contributed by atoms with Gasteiger partial charge < -0.3 is 4.90 Å². The van der Waals surface area contributed by atoms with Crippen molar-refractivity contribution in [1.82, 2.24) is 4.90 Å². The molecule has 1 aliphatic rings. The highest BCUT2D eigenvalue weighted by molar-refractivity contribution is 6.18. The molecule has 0 N–H and O–H groups in total. The third-order valence-electron chi connectivity index (χ3n) is 3.72. The molecule has 1 fully saturated rings. The SMILES string of the molecule is Cc1cc(C(=O)N2CCCCCC2CCl)ccc1F. The molecule has 1 saturated heterocycles. The minimum absolute atomic E-state index is 0.0318. The fourth-order valence-corrected chi connectivity index (χ4v) is 2.87. The molecule has 2 nitrogen and oxygen atoms in total. The molecule has 0 aromatic heterocycles. The minimum atomic E-state index is -0.277. The smallest absolute Gasteiger partial charge is 0.254 e. The summed E-state index contributed by atoms with van der Waals surface area (Å²) >= 11 is 5.98. The fraction of sp³-hybridized carbons (Fsp3) is 0.533. The predicted molar refractivity (Wildman–Crippen MR) is 75.1 cm³/mol. The number of halogens is 2. The average Bonchev–Trinajstić information content (AvgIpc) is 2.66. The van der Waals surface area contributed by atoms with Crippen LogP contribution in [0.4, 0.5) is 4.39 Å². The highest BCUT2D eigenvalue weighted by atomic mass is 35.5. The zero-order valence-corrected chi connectivity index (χ0v) is 11.9. The standard InChI is InChI=1S/C15H19ClFNO/c1-11-9-12(6-7-14(11)17)15(19)18-8-4-2-3-5-13(18)10-16/h6-7,9,13H,2-5,8,10H2,1H3. The maximum Gasteiger partial charge on any atom is 0.254 e. The van der Waals surface area contributed by atoms with Crippen molar-refractivity contribution in [2.24, 2.45) is 0 Å². The molecule has 2 rings (SSSR count). The van der Waals surface area contributed by atoms with Crippen LogP contribution in [0.1, 0.15) is 41.6 Å². The van der Waals surface area contributed by atoms with E-state index < -0.39 is 0 Å². The molecule has 0 saturated carbocycles. The number of carbonyl (C=O) groups excluding carboxylic acids is 1. The van der Waals surface area contributed by atoms with E-state index in [9.17, 15) is 9.18 Å². The van der Waals surface area contributed by atoms with Gasteiger partial charge >= 0.3 is 0 Å². The number of hydrogen-bond acceptors (Lipinski definition) is 1. The summed E-state index contributed by atoms with van der Waals surface area (Å²) in [5, 5.41) is 0. The van der Waals surface area contributed by atoms with Gasteiger partial charge in [-0.25, -0.2) is 4.39 Å². The normalized spacial score (nSPS) is 20.2. The van der Waals surface area contributed by atoms with Crippen molar-refractivity contribution in [3.63, 3.8) is 0 Å². The maximum atomic E-state index is 13.3. The first-order chi connectivity index (χ1) is 9.13. The second kappa shape index (κ2) is 6.38. The van der Waals surface area contributed by atoms with E-state index in [1.165, 1.54) is 6.07 Å². The van der Waals surface area contributed by atoms with Crippen LogP contribution in [0.2, 0.25) is 0 Å². The summed E-state index contributed by atoms with van der Waals surface area (Å²) in [6.07, 6.45) is 4.22. The Bertz CT molecular complexity index is 463. The van der Waals surface area contributed by atoms with Gasteiger partial charge in [-0.1, -0.05) is 12.8 Å². The van der Waals surface area contributed by atoms with E-state index in [0.29, 0.717) is 17.0 Å². The average molecular weight is 284 g/mol. The van der Waals surface area contributed by atoms with Crippen LogP contribution >= 0.6 is 11.6 Å². The van der Waals surface area contributed by atoms with Gasteiger partial charge in [0.05, 0.1) is 0 Å². The molecule has 1 aliphatic heterocycles. The minimum Gasteiger partial charge on any atom is -0.334 e. The number of nitrogens with zero attached hydrogens (tertiary/aromatic N) is 1. The highest BCUT2D eigenvalue weighted by Gasteiger charge is 2.25. The number of likely N-dealkylation sites (tertiary alicyclic amines) is 1. The fourth-order valence-electron chi connectivity index (χ4n) is 2.55. The number of benzene rings is 1. The van der Waals surface area contributed by atoms with Crippen molar-refractivity contribution in [2.75, 3.05) is 12.4 Å². The summed E-state index contributed by atoms with van der Waals surface area (Å²) in [7, 11) is 0. The molecule has 1 heterocycles. The van der Waals surface area contributed by atoms with Gasteiger partial charge in [-0.05, 0) is 43.5 Å². The lowest BCUT2D eigenvalue weighted by Gasteiger charge is -2.28. The lowest BCUT2D eigenvalue weighted by atomic mass is 10.1. The Morgan fingerprint density at radius 3 is 2.89 bits per heavy atom. The van der Waals surface area contributed by atoms with Crippen LogP contribution in [-0.2, 0) is 0 Å². The van der Waals surface area contributed by atoms with Gasteiger partial charge in [0.2, 0.25) is 0 Å². The molecule has 1 aromatic rings. The Morgan fingerprint density at radius 1 is 1.42 bits per heavy atom. The van der Waals surface area contributed by atoms with E-state index in [-0.39, 0.29) is 17.8 Å². The van der Waals surface area contributed by atoms with Gasteiger partial charge in [0, 0.05) is 24.0 Å². The predicted octanol–water partition coefficient (Wildman–Crippen LogP) is 3.76. The molecule has 1 aromatic carbocycles. The van der Waals surface area contributed by atoms with Crippen LogP contribution in [0.25, 0.3) is 0 Å². The van der Waals surface area contributed by atoms with Crippen LogP contribution in [0.3, 0.4) is 0 Å². The summed E-state index contributed by atoms with van der Waals surface area (Å²) in [4.78, 5) is 14.4. The highest BCUT2D eigenvalue weighted by Crippen LogP contribution is 2.21. The molecule has 19 heavy (non-hydrogen) atoms. The molecule has 1 unspecified atom stereocenters. The maximum absolute atomic E-state index is 13.3. The molecule has 4 heteroatoms. The molecule has 0 spiro atoms. The van der Waals surface area contributed by atoms with Crippen LogP contribution in [-0.4, -0.2) is 29.3 Å². The van der Waals surface area contributed by atoms with Gasteiger partial charge in [0.25, 0.3) is 5.91 Å². The van der Waals surface area contributed by atoms with E-state index in [1.807, 2.05) is 4.90 Å². The van der Waals surface area contributed by atoms with Gasteiger partial charge in [-0.2, -0.15) is 0 Å². The van der Waals surface area contributed by atoms with Crippen molar-refractivity contribution >= 4 is 17.5 Å². The Kier molecular flexibility index (Phi) is 4.81. The quantitative estimate of drug-likeness (QED) is 0.757. The topological polar surface area (TPSA) is 20.3 Å². The van der Waals surface area contributed by atoms with E-state index in [1.54, 1.807) is 19.1 Å². The number of hydrogen-bond donors (Lipinski definition) is 0. The molecular formula is C15H19ClFNO. The Balaban J connectivity index is 2.22. The summed E-state index contributed by atoms with van der Waals surface area (Å²) in [5.74, 6) is 0.156. The first-order valence-electron chi connectivity index (χ1n) is 6.76. The lowest BCUT2D eigenvalue weighted by Crippen LogP contribution is -2.41. The van der Waals surface area contributed by atoms with E-state index in [0.717, 1.165) is 32.2 Å². The number of aryl methyl sites for hydroxylation is 1. The van der Waals surface area contributed by atoms with E-state index >= 15 is 0 Å². The summed E-state index contributed by atoms with van der Waals surface area (Å²) in [6.45, 7) is 2.42. The van der Waals surface area contributed by atoms with Crippen LogP contribution in [0, 0.1) is 12.7 Å². The van der Waals surface area contributed by atoms with Crippen LogP contribution < -0.4 is 0 Å². The Hall–Kier alpha value is -1.09. The Labute approximate surface area is 118 Å². The van der Waals surface area contributed by atoms with Gasteiger partial charge in [0.1, 0.15) is 5.82 Å². The molecule has 104 valence electrons. The number of carbonyl (C=O) groups is 1. The summed E-state index contributed by atoms with van der Waals surface area (Å²) in [5.41, 5.74) is 1.05. The number of rotatable bonds is 2. The number of amides is 1. The van der Waals surface area contributed by atoms with Gasteiger partial charge in [0.15, 0.2) is 0 Å². The number of alkyl halides is 1. The molecule has 0 aliphatic carbocycles. The summed E-state index contributed by atoms with van der Waals surface area (Å²) in [6, 6.07) is 4.63. The first-order valence-corrected chi connectivity index (χ1v) is 7.30. The zero-order chi connectivity index (χ0) is 13.8. The monoisotopic (exact) mass is 283 g/mol. The van der Waals surface area contributed by atoms with E-state index in [4.69, 9.17) is 11.6 Å². The van der Waals surface area contributed by atoms with Crippen LogP contribution in [0.15, 0.2) is 18.2 Å². The van der Waals surface area contributed by atoms with Crippen molar-refractivity contribution in [1.29, 1.82) is 0 Å². The third-order valence-corrected chi connectivity index (χ3v) is 4.08. The van der Waals surface area contributed by atoms with Crippen molar-refractivity contribution in [2.45, 2.75) is 38.6 Å². The summed E-state index contributed by atoms with van der Waals surface area (Å²) < 4.78 is 13.3. The molecule has 1 amide bonds. The van der Waals surface area contributed by atoms with E-state index in [2.05, 4.69) is 0 Å².